The van der Waals surface area contributed by atoms with Gasteiger partial charge in [0.2, 0.25) is 5.09 Å². The van der Waals surface area contributed by atoms with E-state index < -0.39 is 10.0 Å². The van der Waals surface area contributed by atoms with Crippen LogP contribution in [0.5, 0.6) is 0 Å². The molecule has 2 rings (SSSR count). The minimum Gasteiger partial charge on any atom is -0.446 e. The predicted molar refractivity (Wildman–Crippen MR) is 73.4 cm³/mol. The number of hydrogen-bond acceptors (Lipinski definition) is 6. The van der Waals surface area contributed by atoms with Crippen LogP contribution in [0.3, 0.4) is 0 Å². The van der Waals surface area contributed by atoms with Crippen LogP contribution >= 0.6 is 23.5 Å². The highest BCUT2D eigenvalue weighted by Crippen LogP contribution is 2.24. The molecular weight excluding hydrogens is 294 g/mol. The number of sulfonamides is 1. The van der Waals surface area contributed by atoms with Crippen molar-refractivity contribution >= 4 is 33.5 Å². The van der Waals surface area contributed by atoms with Gasteiger partial charge in [0.25, 0.3) is 10.0 Å². The summed E-state index contributed by atoms with van der Waals surface area (Å²) >= 11 is 3.64. The van der Waals surface area contributed by atoms with Crippen LogP contribution in [0.4, 0.5) is 0 Å². The van der Waals surface area contributed by atoms with Crippen LogP contribution in [0.15, 0.2) is 21.6 Å². The maximum absolute atomic E-state index is 11.9. The molecule has 5 nitrogen and oxygen atoms in total. The van der Waals surface area contributed by atoms with Crippen molar-refractivity contribution in [2.24, 2.45) is 0 Å². The van der Waals surface area contributed by atoms with E-state index in [0.29, 0.717) is 11.8 Å². The Morgan fingerprint density at radius 3 is 2.89 bits per heavy atom. The quantitative estimate of drug-likeness (QED) is 0.841. The standard InChI is InChI=1S/C10H15NO4S3/c12-6-8-1-2-10(15-8)18(13,14)11-5-9-7-16-3-4-17-9/h1-2,9,11-12H,3-7H2. The topological polar surface area (TPSA) is 79.5 Å². The number of nitrogens with one attached hydrogen (secondary N) is 1. The van der Waals surface area contributed by atoms with E-state index in [9.17, 15) is 8.42 Å². The molecule has 1 aromatic heterocycles. The lowest BCUT2D eigenvalue weighted by atomic mass is 10.5. The van der Waals surface area contributed by atoms with E-state index in [1.165, 1.54) is 12.1 Å². The number of thioether (sulfide) groups is 2. The van der Waals surface area contributed by atoms with Gasteiger partial charge in [-0.05, 0) is 12.1 Å². The van der Waals surface area contributed by atoms with Crippen LogP contribution in [0.1, 0.15) is 5.76 Å². The first-order valence-corrected chi connectivity index (χ1v) is 9.19. The van der Waals surface area contributed by atoms with Crippen molar-refractivity contribution < 1.29 is 17.9 Å². The third-order valence-corrected chi connectivity index (χ3v) is 6.58. The van der Waals surface area contributed by atoms with E-state index in [4.69, 9.17) is 9.52 Å². The second-order valence-electron chi connectivity index (χ2n) is 3.80. The van der Waals surface area contributed by atoms with E-state index in [2.05, 4.69) is 4.72 Å². The fourth-order valence-electron chi connectivity index (χ4n) is 1.52. The van der Waals surface area contributed by atoms with Gasteiger partial charge in [0, 0.05) is 29.1 Å². The van der Waals surface area contributed by atoms with Gasteiger partial charge < -0.3 is 9.52 Å². The second kappa shape index (κ2) is 6.33. The maximum atomic E-state index is 11.9. The molecule has 1 saturated heterocycles. The van der Waals surface area contributed by atoms with Crippen LogP contribution in [-0.4, -0.2) is 42.6 Å². The van der Waals surface area contributed by atoms with Gasteiger partial charge in [-0.3, -0.25) is 0 Å². The average molecular weight is 309 g/mol. The molecule has 1 unspecified atom stereocenters. The summed E-state index contributed by atoms with van der Waals surface area (Å²) in [7, 11) is -3.60. The van der Waals surface area contributed by atoms with Crippen molar-refractivity contribution in [1.82, 2.24) is 4.72 Å². The van der Waals surface area contributed by atoms with E-state index >= 15 is 0 Å². The predicted octanol–water partition coefficient (Wildman–Crippen LogP) is 0.899. The van der Waals surface area contributed by atoms with Crippen molar-refractivity contribution in [1.29, 1.82) is 0 Å². The molecule has 8 heteroatoms. The highest BCUT2D eigenvalue weighted by molar-refractivity contribution is 8.06. The second-order valence-corrected chi connectivity index (χ2v) is 8.05. The first-order chi connectivity index (χ1) is 8.62. The largest absolute Gasteiger partial charge is 0.446 e. The lowest BCUT2D eigenvalue weighted by molar-refractivity contribution is 0.236. The van der Waals surface area contributed by atoms with Gasteiger partial charge in [-0.2, -0.15) is 23.5 Å². The maximum Gasteiger partial charge on any atom is 0.273 e. The van der Waals surface area contributed by atoms with Crippen molar-refractivity contribution in [3.63, 3.8) is 0 Å². The number of rotatable bonds is 5. The van der Waals surface area contributed by atoms with Crippen LogP contribution < -0.4 is 4.72 Å². The monoisotopic (exact) mass is 309 g/mol. The first-order valence-electron chi connectivity index (χ1n) is 5.50. The molecule has 0 saturated carbocycles. The minimum absolute atomic E-state index is 0.139. The summed E-state index contributed by atoms with van der Waals surface area (Å²) in [5.74, 6) is 3.41. The molecule has 1 aromatic rings. The number of aliphatic hydroxyl groups is 1. The molecule has 1 fully saturated rings. The molecule has 2 heterocycles. The zero-order valence-electron chi connectivity index (χ0n) is 9.66. The number of hydrogen-bond donors (Lipinski definition) is 2. The lowest BCUT2D eigenvalue weighted by Crippen LogP contribution is -2.33. The molecule has 1 aliphatic rings. The smallest absolute Gasteiger partial charge is 0.273 e. The highest BCUT2D eigenvalue weighted by Gasteiger charge is 2.21. The van der Waals surface area contributed by atoms with Gasteiger partial charge in [-0.1, -0.05) is 0 Å². The first kappa shape index (κ1) is 14.3. The summed E-state index contributed by atoms with van der Waals surface area (Å²) in [6.07, 6.45) is 0. The van der Waals surface area contributed by atoms with Gasteiger partial charge >= 0.3 is 0 Å². The molecule has 0 amide bonds. The third-order valence-electron chi connectivity index (χ3n) is 2.44. The number of furan rings is 1. The molecular formula is C10H15NO4S3. The summed E-state index contributed by atoms with van der Waals surface area (Å²) in [5, 5.41) is 9.01. The average Bonchev–Trinajstić information content (AvgIpc) is 2.87. The SMILES string of the molecule is O=S(=O)(NCC1CSCCS1)c1ccc(CO)o1. The molecule has 2 N–H and O–H groups in total. The molecule has 18 heavy (non-hydrogen) atoms. The van der Waals surface area contributed by atoms with Crippen LogP contribution in [0, 0.1) is 0 Å². The Morgan fingerprint density at radius 2 is 2.28 bits per heavy atom. The van der Waals surface area contributed by atoms with Gasteiger partial charge in [0.1, 0.15) is 12.4 Å². The van der Waals surface area contributed by atoms with Crippen molar-refractivity contribution in [2.75, 3.05) is 23.8 Å². The molecule has 0 bridgehead atoms. The third kappa shape index (κ3) is 3.67. The Kier molecular flexibility index (Phi) is 5.02. The van der Waals surface area contributed by atoms with Gasteiger partial charge in [0.05, 0.1) is 0 Å². The Hall–Kier alpha value is -0.150. The van der Waals surface area contributed by atoms with Crippen molar-refractivity contribution in [3.05, 3.63) is 17.9 Å². The van der Waals surface area contributed by atoms with Crippen molar-refractivity contribution in [2.45, 2.75) is 16.9 Å². The van der Waals surface area contributed by atoms with E-state index in [1.807, 2.05) is 11.8 Å². The molecule has 0 aromatic carbocycles. The molecule has 0 aliphatic carbocycles. The Morgan fingerprint density at radius 1 is 1.44 bits per heavy atom. The zero-order valence-corrected chi connectivity index (χ0v) is 12.1. The Labute approximate surface area is 115 Å². The molecule has 1 aliphatic heterocycles. The fraction of sp³-hybridized carbons (Fsp3) is 0.600. The summed E-state index contributed by atoms with van der Waals surface area (Å²) < 4.78 is 31.4. The van der Waals surface area contributed by atoms with E-state index in [-0.39, 0.29) is 17.5 Å². The van der Waals surface area contributed by atoms with E-state index in [0.717, 1.165) is 17.3 Å². The molecule has 0 radical (unpaired) electrons. The summed E-state index contributed by atoms with van der Waals surface area (Å²) in [6.45, 7) is 0.111. The normalized spacial score (nSPS) is 21.1. The van der Waals surface area contributed by atoms with Crippen LogP contribution in [-0.2, 0) is 16.6 Å². The van der Waals surface area contributed by atoms with Gasteiger partial charge in [0.15, 0.2) is 0 Å². The molecule has 1 atom stereocenters. The van der Waals surface area contributed by atoms with Crippen LogP contribution in [0.2, 0.25) is 0 Å². The summed E-state index contributed by atoms with van der Waals surface area (Å²) in [4.78, 5) is 0. The number of aliphatic hydroxyl groups excluding tert-OH is 1. The molecule has 0 spiro atoms. The summed E-state index contributed by atoms with van der Waals surface area (Å²) in [6, 6.07) is 2.82. The minimum atomic E-state index is -3.60. The Balaban J connectivity index is 1.94. The van der Waals surface area contributed by atoms with Gasteiger partial charge in [-0.25, -0.2) is 13.1 Å². The van der Waals surface area contributed by atoms with Crippen LogP contribution in [0.25, 0.3) is 0 Å². The zero-order chi connectivity index (χ0) is 13.0. The lowest BCUT2D eigenvalue weighted by Gasteiger charge is -2.20. The summed E-state index contributed by atoms with van der Waals surface area (Å²) in [5.41, 5.74) is 0. The fourth-order valence-corrected chi connectivity index (χ4v) is 5.26. The molecule has 102 valence electrons. The highest BCUT2D eigenvalue weighted by atomic mass is 32.2. The van der Waals surface area contributed by atoms with E-state index in [1.54, 1.807) is 11.8 Å². The van der Waals surface area contributed by atoms with Gasteiger partial charge in [-0.15, -0.1) is 0 Å². The van der Waals surface area contributed by atoms with Crippen molar-refractivity contribution in [3.8, 4) is 0 Å². The Bertz CT molecular complexity index is 479.